The first-order valence-electron chi connectivity index (χ1n) is 7.75. The zero-order valence-corrected chi connectivity index (χ0v) is 13.5. The second kappa shape index (κ2) is 4.51. The lowest BCUT2D eigenvalue weighted by Crippen LogP contribution is -2.38. The Morgan fingerprint density at radius 3 is 2.50 bits per heavy atom. The summed E-state index contributed by atoms with van der Waals surface area (Å²) in [7, 11) is 0. The van der Waals surface area contributed by atoms with E-state index < -0.39 is 40.3 Å². The highest BCUT2D eigenvalue weighted by Crippen LogP contribution is 2.53. The summed E-state index contributed by atoms with van der Waals surface area (Å²) in [4.78, 5) is 37.7. The molecule has 0 N–H and O–H groups in total. The molecular weight excluding hydrogens is 312 g/mol. The standard InChI is InChI=1S/C17H16N2O5/c1-8-6-10(11(19(22)23)7-9(8)2)18-15(20)13-12-4-5-17(3,24-12)14(13)16(18)21/h4-7,12-14H,1-3H3/t12-,13-,14-,17+/m0/s1. The molecule has 3 aliphatic rings. The molecule has 0 unspecified atom stereocenters. The maximum Gasteiger partial charge on any atom is 0.293 e. The summed E-state index contributed by atoms with van der Waals surface area (Å²) >= 11 is 0. The third kappa shape index (κ3) is 1.70. The van der Waals surface area contributed by atoms with E-state index in [9.17, 15) is 19.7 Å². The fourth-order valence-electron chi connectivity index (χ4n) is 4.00. The van der Waals surface area contributed by atoms with E-state index >= 15 is 0 Å². The Morgan fingerprint density at radius 2 is 1.88 bits per heavy atom. The van der Waals surface area contributed by atoms with Crippen molar-refractivity contribution in [2.45, 2.75) is 32.5 Å². The van der Waals surface area contributed by atoms with Crippen LogP contribution >= 0.6 is 0 Å². The first kappa shape index (κ1) is 15.0. The van der Waals surface area contributed by atoms with Crippen LogP contribution in [-0.2, 0) is 14.3 Å². The number of nitrogens with zero attached hydrogens (tertiary/aromatic N) is 2. The van der Waals surface area contributed by atoms with Crippen LogP contribution in [0.1, 0.15) is 18.1 Å². The molecule has 2 fully saturated rings. The van der Waals surface area contributed by atoms with Crippen molar-refractivity contribution in [2.75, 3.05) is 4.90 Å². The van der Waals surface area contributed by atoms with E-state index in [0.717, 1.165) is 16.0 Å². The number of carbonyl (C=O) groups is 2. The van der Waals surface area contributed by atoms with E-state index in [4.69, 9.17) is 4.74 Å². The number of rotatable bonds is 2. The quantitative estimate of drug-likeness (QED) is 0.359. The molecule has 4 atom stereocenters. The number of benzene rings is 1. The molecule has 2 bridgehead atoms. The predicted octanol–water partition coefficient (Wildman–Crippen LogP) is 2.04. The lowest BCUT2D eigenvalue weighted by Gasteiger charge is -2.24. The summed E-state index contributed by atoms with van der Waals surface area (Å²) in [5.41, 5.74) is 0.533. The minimum absolute atomic E-state index is 0.0514. The second-order valence-corrected chi connectivity index (χ2v) is 6.82. The van der Waals surface area contributed by atoms with Gasteiger partial charge in [-0.3, -0.25) is 19.7 Å². The molecule has 0 aromatic heterocycles. The van der Waals surface area contributed by atoms with E-state index in [1.807, 2.05) is 6.08 Å². The monoisotopic (exact) mass is 328 g/mol. The molecule has 24 heavy (non-hydrogen) atoms. The van der Waals surface area contributed by atoms with Crippen LogP contribution < -0.4 is 4.90 Å². The van der Waals surface area contributed by atoms with Gasteiger partial charge in [-0.2, -0.15) is 0 Å². The Morgan fingerprint density at radius 1 is 1.21 bits per heavy atom. The number of imide groups is 1. The summed E-state index contributed by atoms with van der Waals surface area (Å²) in [5, 5.41) is 11.4. The van der Waals surface area contributed by atoms with Gasteiger partial charge in [0, 0.05) is 6.07 Å². The summed E-state index contributed by atoms with van der Waals surface area (Å²) in [5.74, 6) is -2.07. The maximum absolute atomic E-state index is 12.9. The molecule has 1 aromatic rings. The average molecular weight is 328 g/mol. The highest BCUT2D eigenvalue weighted by molar-refractivity contribution is 6.24. The number of amides is 2. The highest BCUT2D eigenvalue weighted by Gasteiger charge is 2.66. The highest BCUT2D eigenvalue weighted by atomic mass is 16.6. The molecule has 3 heterocycles. The van der Waals surface area contributed by atoms with Gasteiger partial charge in [0.25, 0.3) is 5.69 Å². The molecule has 0 aliphatic carbocycles. The fraction of sp³-hybridized carbons (Fsp3) is 0.412. The van der Waals surface area contributed by atoms with Gasteiger partial charge in [0.1, 0.15) is 5.69 Å². The molecular formula is C17H16N2O5. The van der Waals surface area contributed by atoms with E-state index in [1.54, 1.807) is 32.9 Å². The Balaban J connectivity index is 1.85. The van der Waals surface area contributed by atoms with Crippen LogP contribution in [0.25, 0.3) is 0 Å². The van der Waals surface area contributed by atoms with Gasteiger partial charge in [-0.25, -0.2) is 4.90 Å². The smallest absolute Gasteiger partial charge is 0.293 e. The third-order valence-electron chi connectivity index (χ3n) is 5.36. The normalized spacial score (nSPS) is 33.5. The number of nitro benzene ring substituents is 1. The van der Waals surface area contributed by atoms with Crippen LogP contribution in [0.3, 0.4) is 0 Å². The van der Waals surface area contributed by atoms with Gasteiger partial charge in [-0.15, -0.1) is 0 Å². The van der Waals surface area contributed by atoms with Crippen LogP contribution in [0.15, 0.2) is 24.3 Å². The van der Waals surface area contributed by atoms with E-state index in [-0.39, 0.29) is 11.4 Å². The second-order valence-electron chi connectivity index (χ2n) is 6.82. The maximum atomic E-state index is 12.9. The van der Waals surface area contributed by atoms with Gasteiger partial charge in [0.05, 0.1) is 28.5 Å². The molecule has 1 aromatic carbocycles. The topological polar surface area (TPSA) is 89.8 Å². The molecule has 0 spiro atoms. The SMILES string of the molecule is Cc1cc(N2C(=O)[C@H]3[C@@H]4C=C[C@@](C)(O4)[C@@H]3C2=O)c([N+](=O)[O-])cc1C. The number of ether oxygens (including phenoxy) is 1. The van der Waals surface area contributed by atoms with Crippen molar-refractivity contribution in [3.05, 3.63) is 45.5 Å². The van der Waals surface area contributed by atoms with E-state index in [2.05, 4.69) is 0 Å². The van der Waals surface area contributed by atoms with Crippen LogP contribution in [0.2, 0.25) is 0 Å². The number of aryl methyl sites for hydroxylation is 2. The first-order chi connectivity index (χ1) is 11.2. The zero-order chi connectivity index (χ0) is 17.4. The summed E-state index contributed by atoms with van der Waals surface area (Å²) < 4.78 is 5.76. The van der Waals surface area contributed by atoms with Gasteiger partial charge < -0.3 is 4.74 Å². The van der Waals surface area contributed by atoms with Crippen molar-refractivity contribution in [1.29, 1.82) is 0 Å². The fourth-order valence-corrected chi connectivity index (χ4v) is 4.00. The molecule has 2 amide bonds. The van der Waals surface area contributed by atoms with Gasteiger partial charge in [-0.1, -0.05) is 12.2 Å². The van der Waals surface area contributed by atoms with Crippen molar-refractivity contribution in [2.24, 2.45) is 11.8 Å². The largest absolute Gasteiger partial charge is 0.362 e. The van der Waals surface area contributed by atoms with Crippen LogP contribution in [0, 0.1) is 35.8 Å². The lowest BCUT2D eigenvalue weighted by molar-refractivity contribution is -0.384. The van der Waals surface area contributed by atoms with E-state index in [0.29, 0.717) is 0 Å². The lowest BCUT2D eigenvalue weighted by atomic mass is 9.78. The summed E-state index contributed by atoms with van der Waals surface area (Å²) in [6.45, 7) is 5.33. The Bertz CT molecular complexity index is 846. The molecule has 4 rings (SSSR count). The molecule has 7 nitrogen and oxygen atoms in total. The van der Waals surface area contributed by atoms with Crippen LogP contribution in [0.5, 0.6) is 0 Å². The number of hydrogen-bond donors (Lipinski definition) is 0. The minimum Gasteiger partial charge on any atom is -0.362 e. The number of carbonyl (C=O) groups excluding carboxylic acids is 2. The Labute approximate surface area is 138 Å². The zero-order valence-electron chi connectivity index (χ0n) is 13.5. The van der Waals surface area contributed by atoms with Gasteiger partial charge in [0.2, 0.25) is 11.8 Å². The molecule has 124 valence electrons. The number of nitro groups is 1. The average Bonchev–Trinajstić information content (AvgIpc) is 3.11. The van der Waals surface area contributed by atoms with E-state index in [1.165, 1.54) is 6.07 Å². The molecule has 0 radical (unpaired) electrons. The van der Waals surface area contributed by atoms with Crippen LogP contribution in [-0.4, -0.2) is 28.4 Å². The number of hydrogen-bond acceptors (Lipinski definition) is 5. The Hall–Kier alpha value is -2.54. The van der Waals surface area contributed by atoms with Crippen molar-refractivity contribution < 1.29 is 19.2 Å². The number of fused-ring (bicyclic) bond motifs is 5. The van der Waals surface area contributed by atoms with Crippen molar-refractivity contribution in [3.63, 3.8) is 0 Å². The van der Waals surface area contributed by atoms with Crippen molar-refractivity contribution >= 4 is 23.2 Å². The number of anilines is 1. The predicted molar refractivity (Wildman–Crippen MR) is 84.5 cm³/mol. The molecule has 2 saturated heterocycles. The van der Waals surface area contributed by atoms with Gasteiger partial charge >= 0.3 is 0 Å². The van der Waals surface area contributed by atoms with Crippen molar-refractivity contribution in [3.8, 4) is 0 Å². The summed E-state index contributed by atoms with van der Waals surface area (Å²) in [6, 6.07) is 2.95. The van der Waals surface area contributed by atoms with Crippen LogP contribution in [0.4, 0.5) is 11.4 Å². The molecule has 0 saturated carbocycles. The van der Waals surface area contributed by atoms with Gasteiger partial charge in [0.15, 0.2) is 0 Å². The minimum atomic E-state index is -0.814. The first-order valence-corrected chi connectivity index (χ1v) is 7.75. The summed E-state index contributed by atoms with van der Waals surface area (Å²) in [6.07, 6.45) is 3.17. The molecule has 3 aliphatic heterocycles. The van der Waals surface area contributed by atoms with Crippen molar-refractivity contribution in [1.82, 2.24) is 0 Å². The Kier molecular flexibility index (Phi) is 2.82. The third-order valence-corrected chi connectivity index (χ3v) is 5.36. The molecule has 7 heteroatoms. The van der Waals surface area contributed by atoms with Gasteiger partial charge in [-0.05, 0) is 38.0 Å².